The molecule has 140 valence electrons. The SMILES string of the molecule is O=C(Nc1cccc(F)c1)c1cc(-c2cccs2)n(C2CCS(=O)(=O)C2)n1. The maximum atomic E-state index is 13.3. The predicted octanol–water partition coefficient (Wildman–Crippen LogP) is 3.36. The third-order valence-electron chi connectivity index (χ3n) is 4.38. The quantitative estimate of drug-likeness (QED) is 0.722. The van der Waals surface area contributed by atoms with E-state index in [2.05, 4.69) is 10.4 Å². The number of nitrogens with one attached hydrogen (secondary N) is 1. The van der Waals surface area contributed by atoms with E-state index >= 15 is 0 Å². The fourth-order valence-electron chi connectivity index (χ4n) is 3.12. The van der Waals surface area contributed by atoms with E-state index in [1.54, 1.807) is 16.8 Å². The monoisotopic (exact) mass is 405 g/mol. The van der Waals surface area contributed by atoms with Crippen molar-refractivity contribution in [1.29, 1.82) is 0 Å². The lowest BCUT2D eigenvalue weighted by molar-refractivity contribution is 0.102. The normalized spacial score (nSPS) is 18.5. The van der Waals surface area contributed by atoms with Crippen molar-refractivity contribution in [2.75, 3.05) is 16.8 Å². The van der Waals surface area contributed by atoms with Crippen LogP contribution >= 0.6 is 11.3 Å². The number of aromatic nitrogens is 2. The van der Waals surface area contributed by atoms with Gasteiger partial charge in [0.05, 0.1) is 28.1 Å². The lowest BCUT2D eigenvalue weighted by Crippen LogP contribution is -2.16. The molecule has 4 rings (SSSR count). The number of carbonyl (C=O) groups is 1. The molecule has 1 aromatic carbocycles. The molecule has 0 radical (unpaired) electrons. The van der Waals surface area contributed by atoms with Crippen molar-refractivity contribution < 1.29 is 17.6 Å². The van der Waals surface area contributed by atoms with Crippen LogP contribution in [0.2, 0.25) is 0 Å². The van der Waals surface area contributed by atoms with E-state index in [9.17, 15) is 17.6 Å². The number of halogens is 1. The van der Waals surface area contributed by atoms with Gasteiger partial charge in [0.2, 0.25) is 0 Å². The molecule has 1 fully saturated rings. The summed E-state index contributed by atoms with van der Waals surface area (Å²) in [7, 11) is -3.09. The van der Waals surface area contributed by atoms with Gasteiger partial charge in [0.15, 0.2) is 15.5 Å². The van der Waals surface area contributed by atoms with Gasteiger partial charge in [0.1, 0.15) is 5.82 Å². The number of nitrogens with zero attached hydrogens (tertiary/aromatic N) is 2. The number of hydrogen-bond donors (Lipinski definition) is 1. The Morgan fingerprint density at radius 1 is 1.26 bits per heavy atom. The zero-order valence-electron chi connectivity index (χ0n) is 14.1. The molecule has 27 heavy (non-hydrogen) atoms. The van der Waals surface area contributed by atoms with Crippen LogP contribution < -0.4 is 5.32 Å². The van der Waals surface area contributed by atoms with Gasteiger partial charge in [-0.25, -0.2) is 12.8 Å². The van der Waals surface area contributed by atoms with E-state index in [4.69, 9.17) is 0 Å². The van der Waals surface area contributed by atoms with Crippen LogP contribution in [-0.2, 0) is 9.84 Å². The molecule has 1 N–H and O–H groups in total. The fraction of sp³-hybridized carbons (Fsp3) is 0.222. The van der Waals surface area contributed by atoms with E-state index in [0.717, 1.165) is 4.88 Å². The topological polar surface area (TPSA) is 81.1 Å². The molecule has 1 aliphatic rings. The van der Waals surface area contributed by atoms with Gasteiger partial charge in [-0.3, -0.25) is 9.48 Å². The van der Waals surface area contributed by atoms with Gasteiger partial charge in [-0.15, -0.1) is 11.3 Å². The Labute approximate surface area is 159 Å². The maximum Gasteiger partial charge on any atom is 0.276 e. The van der Waals surface area contributed by atoms with Crippen molar-refractivity contribution in [1.82, 2.24) is 9.78 Å². The third kappa shape index (κ3) is 3.79. The predicted molar refractivity (Wildman–Crippen MR) is 102 cm³/mol. The number of thiophene rings is 1. The van der Waals surface area contributed by atoms with E-state index in [-0.39, 0.29) is 23.2 Å². The van der Waals surface area contributed by atoms with Gasteiger partial charge in [0, 0.05) is 5.69 Å². The number of sulfone groups is 1. The van der Waals surface area contributed by atoms with Gasteiger partial charge >= 0.3 is 0 Å². The minimum Gasteiger partial charge on any atom is -0.320 e. The van der Waals surface area contributed by atoms with Gasteiger partial charge in [0.25, 0.3) is 5.91 Å². The fourth-order valence-corrected chi connectivity index (χ4v) is 5.55. The molecular formula is C18H16FN3O3S2. The summed E-state index contributed by atoms with van der Waals surface area (Å²) in [6.07, 6.45) is 0.466. The lowest BCUT2D eigenvalue weighted by atomic mass is 10.2. The number of hydrogen-bond acceptors (Lipinski definition) is 5. The van der Waals surface area contributed by atoms with E-state index in [1.165, 1.54) is 29.5 Å². The summed E-state index contributed by atoms with van der Waals surface area (Å²) < 4.78 is 38.7. The first-order valence-corrected chi connectivity index (χ1v) is 11.0. The van der Waals surface area contributed by atoms with Crippen molar-refractivity contribution in [2.45, 2.75) is 12.5 Å². The summed E-state index contributed by atoms with van der Waals surface area (Å²) in [6.45, 7) is 0. The maximum absolute atomic E-state index is 13.3. The zero-order valence-corrected chi connectivity index (χ0v) is 15.8. The van der Waals surface area contributed by atoms with Gasteiger partial charge in [-0.1, -0.05) is 12.1 Å². The highest BCUT2D eigenvalue weighted by Gasteiger charge is 2.32. The standard InChI is InChI=1S/C18H16FN3O3S2/c19-12-3-1-4-13(9-12)20-18(23)15-10-16(17-5-2-7-26-17)22(21-15)14-6-8-27(24,25)11-14/h1-5,7,9-10,14H,6,8,11H2,(H,20,23). The number of benzene rings is 1. The van der Waals surface area contributed by atoms with Crippen molar-refractivity contribution in [3.05, 3.63) is 59.4 Å². The molecule has 3 aromatic rings. The summed E-state index contributed by atoms with van der Waals surface area (Å²) in [4.78, 5) is 13.5. The summed E-state index contributed by atoms with van der Waals surface area (Å²) >= 11 is 1.49. The summed E-state index contributed by atoms with van der Waals surface area (Å²) in [5.41, 5.74) is 1.19. The molecule has 3 heterocycles. The second kappa shape index (κ2) is 6.90. The molecule has 9 heteroatoms. The van der Waals surface area contributed by atoms with Crippen molar-refractivity contribution in [2.24, 2.45) is 0 Å². The Morgan fingerprint density at radius 2 is 2.11 bits per heavy atom. The molecule has 0 saturated carbocycles. The number of rotatable bonds is 4. The zero-order chi connectivity index (χ0) is 19.0. The minimum absolute atomic E-state index is 0.0119. The van der Waals surface area contributed by atoms with Crippen LogP contribution in [0.3, 0.4) is 0 Å². The highest BCUT2D eigenvalue weighted by atomic mass is 32.2. The Morgan fingerprint density at radius 3 is 2.78 bits per heavy atom. The van der Waals surface area contributed by atoms with Crippen molar-refractivity contribution in [3.8, 4) is 10.6 Å². The summed E-state index contributed by atoms with van der Waals surface area (Å²) in [6, 6.07) is 10.7. The molecule has 2 aromatic heterocycles. The molecule has 0 bridgehead atoms. The smallest absolute Gasteiger partial charge is 0.276 e. The Balaban J connectivity index is 1.68. The lowest BCUT2D eigenvalue weighted by Gasteiger charge is -2.12. The Bertz CT molecular complexity index is 1090. The molecule has 6 nitrogen and oxygen atoms in total. The second-order valence-corrected chi connectivity index (χ2v) is 9.53. The van der Waals surface area contributed by atoms with Crippen LogP contribution in [0, 0.1) is 5.82 Å². The van der Waals surface area contributed by atoms with Gasteiger partial charge in [-0.2, -0.15) is 5.10 Å². The minimum atomic E-state index is -3.09. The molecule has 1 atom stereocenters. The Kier molecular flexibility index (Phi) is 4.56. The highest BCUT2D eigenvalue weighted by molar-refractivity contribution is 7.91. The molecule has 0 aliphatic carbocycles. The number of carbonyl (C=O) groups excluding carboxylic acids is 1. The third-order valence-corrected chi connectivity index (χ3v) is 7.02. The van der Waals surface area contributed by atoms with Crippen molar-refractivity contribution >= 4 is 32.8 Å². The van der Waals surface area contributed by atoms with Gasteiger partial charge < -0.3 is 5.32 Å². The van der Waals surface area contributed by atoms with E-state index in [0.29, 0.717) is 17.8 Å². The van der Waals surface area contributed by atoms with Gasteiger partial charge in [-0.05, 0) is 42.1 Å². The van der Waals surface area contributed by atoms with Crippen LogP contribution in [0.5, 0.6) is 0 Å². The summed E-state index contributed by atoms with van der Waals surface area (Å²) in [5.74, 6) is -0.795. The average molecular weight is 405 g/mol. The van der Waals surface area contributed by atoms with E-state index in [1.807, 2.05) is 17.5 Å². The molecule has 0 spiro atoms. The molecular weight excluding hydrogens is 389 g/mol. The second-order valence-electron chi connectivity index (χ2n) is 6.36. The molecule has 1 saturated heterocycles. The average Bonchev–Trinajstić information content (AvgIpc) is 3.32. The van der Waals surface area contributed by atoms with Crippen LogP contribution in [0.1, 0.15) is 23.0 Å². The largest absolute Gasteiger partial charge is 0.320 e. The number of anilines is 1. The number of amides is 1. The highest BCUT2D eigenvalue weighted by Crippen LogP contribution is 2.32. The first-order valence-electron chi connectivity index (χ1n) is 8.32. The molecule has 1 amide bonds. The van der Waals surface area contributed by atoms with Crippen LogP contribution in [0.25, 0.3) is 10.6 Å². The van der Waals surface area contributed by atoms with Crippen LogP contribution in [0.15, 0.2) is 47.8 Å². The first-order chi connectivity index (χ1) is 12.9. The molecule has 1 aliphatic heterocycles. The van der Waals surface area contributed by atoms with E-state index < -0.39 is 21.6 Å². The van der Waals surface area contributed by atoms with Crippen LogP contribution in [-0.4, -0.2) is 35.6 Å². The van der Waals surface area contributed by atoms with Crippen LogP contribution in [0.4, 0.5) is 10.1 Å². The summed E-state index contributed by atoms with van der Waals surface area (Å²) in [5, 5.41) is 8.91. The molecule has 1 unspecified atom stereocenters. The van der Waals surface area contributed by atoms with Crippen molar-refractivity contribution in [3.63, 3.8) is 0 Å². The Hall–Kier alpha value is -2.52. The first kappa shape index (κ1) is 17.9.